The molecule has 0 aliphatic carbocycles. The van der Waals surface area contributed by atoms with E-state index in [-0.39, 0.29) is 31.3 Å². The van der Waals surface area contributed by atoms with Crippen LogP contribution in [0.3, 0.4) is 0 Å². The maximum Gasteiger partial charge on any atom is 0.253 e. The van der Waals surface area contributed by atoms with Gasteiger partial charge in [0, 0.05) is 49.3 Å². The minimum Gasteiger partial charge on any atom is -0.388 e. The van der Waals surface area contributed by atoms with Crippen molar-refractivity contribution in [2.75, 3.05) is 26.2 Å². The standard InChI is InChI=1S/C26H28N4O4/c27-24-13-20(26(34)30-14-22(31)23(32)15-30)11-19-8-7-18(12-21(19)28-24)16-3-5-17(6-4-16)25(33)29-9-1-2-10-29/h3-8,11-12,22-23,31-32H,1-2,9-10,13-15H2,(H2,27,28)/t22-,23-/m1/s1. The lowest BCUT2D eigenvalue weighted by Crippen LogP contribution is -2.32. The number of carbonyl (C=O) groups is 2. The van der Waals surface area contributed by atoms with Crippen LogP contribution in [-0.4, -0.2) is 76.0 Å². The second-order valence-electron chi connectivity index (χ2n) is 9.14. The predicted molar refractivity (Wildman–Crippen MR) is 129 cm³/mol. The summed E-state index contributed by atoms with van der Waals surface area (Å²) in [6.07, 6.45) is 2.22. The largest absolute Gasteiger partial charge is 0.388 e. The van der Waals surface area contributed by atoms with E-state index >= 15 is 0 Å². The molecule has 0 bridgehead atoms. The van der Waals surface area contributed by atoms with Crippen molar-refractivity contribution in [2.45, 2.75) is 31.5 Å². The number of aliphatic hydroxyl groups excluding tert-OH is 2. The highest BCUT2D eigenvalue weighted by Gasteiger charge is 2.34. The second kappa shape index (κ2) is 9.04. The molecule has 2 aromatic carbocycles. The quantitative estimate of drug-likeness (QED) is 0.647. The Morgan fingerprint density at radius 3 is 2.21 bits per heavy atom. The van der Waals surface area contributed by atoms with Crippen LogP contribution in [0, 0.1) is 0 Å². The lowest BCUT2D eigenvalue weighted by atomic mass is 10.00. The zero-order valence-corrected chi connectivity index (χ0v) is 18.9. The maximum absolute atomic E-state index is 13.0. The molecule has 2 amide bonds. The highest BCUT2D eigenvalue weighted by Crippen LogP contribution is 2.32. The third kappa shape index (κ3) is 4.34. The summed E-state index contributed by atoms with van der Waals surface area (Å²) in [7, 11) is 0. The number of nitrogens with two attached hydrogens (primary N) is 1. The summed E-state index contributed by atoms with van der Waals surface area (Å²) in [4.78, 5) is 33.4. The molecule has 2 atom stereocenters. The van der Waals surface area contributed by atoms with E-state index in [1.54, 1.807) is 6.08 Å². The van der Waals surface area contributed by atoms with Crippen LogP contribution in [0.5, 0.6) is 0 Å². The van der Waals surface area contributed by atoms with Gasteiger partial charge in [0.15, 0.2) is 0 Å². The topological polar surface area (TPSA) is 119 Å². The van der Waals surface area contributed by atoms with Crippen LogP contribution in [0.15, 0.2) is 53.0 Å². The molecule has 4 N–H and O–H groups in total. The molecule has 0 unspecified atom stereocenters. The monoisotopic (exact) mass is 460 g/mol. The molecule has 8 heteroatoms. The molecule has 0 saturated carbocycles. The number of rotatable bonds is 3. The lowest BCUT2D eigenvalue weighted by Gasteiger charge is -2.17. The fourth-order valence-electron chi connectivity index (χ4n) is 4.75. The Kier molecular flexibility index (Phi) is 5.93. The Morgan fingerprint density at radius 2 is 1.53 bits per heavy atom. The van der Waals surface area contributed by atoms with E-state index in [0.29, 0.717) is 22.7 Å². The van der Waals surface area contributed by atoms with Gasteiger partial charge in [0.05, 0.1) is 17.9 Å². The minimum atomic E-state index is -0.937. The zero-order chi connectivity index (χ0) is 23.8. The summed E-state index contributed by atoms with van der Waals surface area (Å²) >= 11 is 0. The number of aliphatic hydroxyl groups is 2. The van der Waals surface area contributed by atoms with E-state index in [1.807, 2.05) is 47.4 Å². The van der Waals surface area contributed by atoms with E-state index < -0.39 is 12.2 Å². The summed E-state index contributed by atoms with van der Waals surface area (Å²) in [5.74, 6) is 0.134. The molecular formula is C26H28N4O4. The number of hydrogen-bond acceptors (Lipinski definition) is 6. The van der Waals surface area contributed by atoms with E-state index in [4.69, 9.17) is 5.73 Å². The van der Waals surface area contributed by atoms with Gasteiger partial charge in [-0.3, -0.25) is 9.59 Å². The molecule has 0 aromatic heterocycles. The molecule has 34 heavy (non-hydrogen) atoms. The SMILES string of the molecule is NC1=Nc2cc(-c3ccc(C(=O)N4CCCC4)cc3)ccc2C=C(C(=O)N2C[C@@H](O)[C@H](O)C2)C1. The number of hydrogen-bond donors (Lipinski definition) is 3. The smallest absolute Gasteiger partial charge is 0.253 e. The number of amidine groups is 1. The van der Waals surface area contributed by atoms with Crippen LogP contribution in [0.2, 0.25) is 0 Å². The lowest BCUT2D eigenvalue weighted by molar-refractivity contribution is -0.126. The maximum atomic E-state index is 13.0. The van der Waals surface area contributed by atoms with E-state index in [9.17, 15) is 19.8 Å². The molecule has 0 spiro atoms. The van der Waals surface area contributed by atoms with Gasteiger partial charge in [0.1, 0.15) is 5.84 Å². The first-order chi connectivity index (χ1) is 16.4. The molecule has 2 fully saturated rings. The van der Waals surface area contributed by atoms with Gasteiger partial charge in [-0.05, 0) is 48.2 Å². The number of carbonyl (C=O) groups excluding carboxylic acids is 2. The minimum absolute atomic E-state index is 0.0729. The highest BCUT2D eigenvalue weighted by molar-refractivity contribution is 6.05. The van der Waals surface area contributed by atoms with Crippen molar-refractivity contribution in [1.82, 2.24) is 9.80 Å². The average Bonchev–Trinajstić information content (AvgIpc) is 3.45. The van der Waals surface area contributed by atoms with E-state index in [1.165, 1.54) is 4.90 Å². The van der Waals surface area contributed by atoms with Crippen LogP contribution in [0.1, 0.15) is 35.2 Å². The van der Waals surface area contributed by atoms with Gasteiger partial charge < -0.3 is 25.7 Å². The van der Waals surface area contributed by atoms with Crippen molar-refractivity contribution < 1.29 is 19.8 Å². The van der Waals surface area contributed by atoms with Crippen molar-refractivity contribution in [2.24, 2.45) is 10.7 Å². The summed E-state index contributed by atoms with van der Waals surface area (Å²) in [5, 5.41) is 19.6. The van der Waals surface area contributed by atoms with Crippen LogP contribution in [-0.2, 0) is 4.79 Å². The van der Waals surface area contributed by atoms with Gasteiger partial charge in [-0.25, -0.2) is 4.99 Å². The summed E-state index contributed by atoms with van der Waals surface area (Å²) in [6.45, 7) is 1.83. The van der Waals surface area contributed by atoms with Gasteiger partial charge in [-0.2, -0.15) is 0 Å². The number of nitrogens with zero attached hydrogens (tertiary/aromatic N) is 3. The average molecular weight is 461 g/mol. The molecule has 2 saturated heterocycles. The first kappa shape index (κ1) is 22.3. The molecule has 0 radical (unpaired) electrons. The summed E-state index contributed by atoms with van der Waals surface area (Å²) in [6, 6.07) is 13.4. The van der Waals surface area contributed by atoms with Gasteiger partial charge in [-0.1, -0.05) is 24.3 Å². The van der Waals surface area contributed by atoms with Gasteiger partial charge >= 0.3 is 0 Å². The van der Waals surface area contributed by atoms with Crippen LogP contribution < -0.4 is 5.73 Å². The number of likely N-dealkylation sites (tertiary alicyclic amines) is 2. The highest BCUT2D eigenvalue weighted by atomic mass is 16.3. The van der Waals surface area contributed by atoms with Gasteiger partial charge in [0.25, 0.3) is 5.91 Å². The molecule has 3 heterocycles. The molecule has 2 aromatic rings. The number of amides is 2. The fourth-order valence-corrected chi connectivity index (χ4v) is 4.75. The Balaban J connectivity index is 1.39. The fraction of sp³-hybridized carbons (Fsp3) is 0.346. The van der Waals surface area contributed by atoms with Crippen molar-refractivity contribution >= 4 is 29.4 Å². The van der Waals surface area contributed by atoms with E-state index in [2.05, 4.69) is 4.99 Å². The van der Waals surface area contributed by atoms with Crippen LogP contribution >= 0.6 is 0 Å². The molecule has 176 valence electrons. The zero-order valence-electron chi connectivity index (χ0n) is 18.9. The summed E-state index contributed by atoms with van der Waals surface area (Å²) in [5.41, 5.74) is 10.6. The number of β-amino-alcohol motifs (C(OH)–C–C–N with tert-alkyl or cyclic N) is 2. The summed E-state index contributed by atoms with van der Waals surface area (Å²) < 4.78 is 0. The molecule has 3 aliphatic rings. The molecular weight excluding hydrogens is 432 g/mol. The number of benzene rings is 2. The van der Waals surface area contributed by atoms with E-state index in [0.717, 1.165) is 42.6 Å². The van der Waals surface area contributed by atoms with Gasteiger partial charge in [-0.15, -0.1) is 0 Å². The Bertz CT molecular complexity index is 1170. The molecule has 8 nitrogen and oxygen atoms in total. The molecule has 5 rings (SSSR count). The number of aliphatic imine (C=N–C) groups is 1. The second-order valence-corrected chi connectivity index (χ2v) is 9.14. The third-order valence-corrected chi connectivity index (χ3v) is 6.68. The first-order valence-electron chi connectivity index (χ1n) is 11.6. The van der Waals surface area contributed by atoms with Crippen molar-refractivity contribution in [3.05, 3.63) is 59.2 Å². The van der Waals surface area contributed by atoms with Gasteiger partial charge in [0.2, 0.25) is 5.91 Å². The first-order valence-corrected chi connectivity index (χ1v) is 11.6. The van der Waals surface area contributed by atoms with Crippen molar-refractivity contribution in [3.8, 4) is 11.1 Å². The molecule has 3 aliphatic heterocycles. The Morgan fingerprint density at radius 1 is 0.882 bits per heavy atom. The van der Waals surface area contributed by atoms with Crippen molar-refractivity contribution in [3.63, 3.8) is 0 Å². The van der Waals surface area contributed by atoms with Crippen LogP contribution in [0.25, 0.3) is 17.2 Å². The normalized spacial score (nSPS) is 22.2. The van der Waals surface area contributed by atoms with Crippen LogP contribution in [0.4, 0.5) is 5.69 Å². The Labute approximate surface area is 198 Å². The Hall–Kier alpha value is -3.49. The van der Waals surface area contributed by atoms with Crippen molar-refractivity contribution in [1.29, 1.82) is 0 Å². The predicted octanol–water partition coefficient (Wildman–Crippen LogP) is 1.93. The number of fused-ring (bicyclic) bond motifs is 1. The third-order valence-electron chi connectivity index (χ3n) is 6.68.